The van der Waals surface area contributed by atoms with Gasteiger partial charge in [0.15, 0.2) is 5.37 Å². The smallest absolute Gasteiger partial charge is 0.208 e. The van der Waals surface area contributed by atoms with Crippen molar-refractivity contribution in [1.82, 2.24) is 15.3 Å². The normalized spacial score (nSPS) is 12.5. The minimum Gasteiger partial charge on any atom is -0.361 e. The van der Waals surface area contributed by atoms with E-state index in [9.17, 15) is 17.6 Å². The van der Waals surface area contributed by atoms with Crippen LogP contribution in [0.1, 0.15) is 10.9 Å². The van der Waals surface area contributed by atoms with Crippen LogP contribution in [-0.2, 0) is 14.6 Å². The molecule has 0 radical (unpaired) electrons. The lowest BCUT2D eigenvalue weighted by atomic mass is 10.1. The van der Waals surface area contributed by atoms with Crippen molar-refractivity contribution in [3.05, 3.63) is 72.4 Å². The van der Waals surface area contributed by atoms with Gasteiger partial charge in [-0.15, -0.1) is 0 Å². The van der Waals surface area contributed by atoms with E-state index in [4.69, 9.17) is 0 Å². The molecule has 0 saturated heterocycles. The highest BCUT2D eigenvalue weighted by molar-refractivity contribution is 7.91. The third kappa shape index (κ3) is 3.29. The first-order valence-electron chi connectivity index (χ1n) is 7.31. The fraction of sp³-hybridized carbons (Fsp3) is 0.0588. The molecule has 0 spiro atoms. The molecule has 128 valence electrons. The van der Waals surface area contributed by atoms with Crippen LogP contribution in [-0.4, -0.2) is 24.8 Å². The van der Waals surface area contributed by atoms with Gasteiger partial charge in [0.2, 0.25) is 16.2 Å². The van der Waals surface area contributed by atoms with Crippen molar-refractivity contribution in [3.63, 3.8) is 0 Å². The van der Waals surface area contributed by atoms with Crippen molar-refractivity contribution in [3.8, 4) is 11.3 Å². The first kappa shape index (κ1) is 16.8. The second-order valence-corrected chi connectivity index (χ2v) is 7.26. The molecule has 0 aliphatic rings. The Morgan fingerprint density at radius 3 is 2.68 bits per heavy atom. The van der Waals surface area contributed by atoms with Gasteiger partial charge in [-0.05, 0) is 30.3 Å². The molecule has 2 heterocycles. The molecule has 0 aliphatic carbocycles. The number of pyridine rings is 1. The van der Waals surface area contributed by atoms with Gasteiger partial charge in [0, 0.05) is 35.4 Å². The van der Waals surface area contributed by atoms with Crippen LogP contribution in [0.2, 0.25) is 0 Å². The van der Waals surface area contributed by atoms with Crippen LogP contribution in [0.15, 0.2) is 66.0 Å². The van der Waals surface area contributed by atoms with Crippen LogP contribution >= 0.6 is 0 Å². The lowest BCUT2D eigenvalue weighted by Gasteiger charge is -2.15. The molecule has 6 nitrogen and oxygen atoms in total. The summed E-state index contributed by atoms with van der Waals surface area (Å²) in [5, 5.41) is 0.993. The van der Waals surface area contributed by atoms with Crippen LogP contribution in [0.4, 0.5) is 4.39 Å². The second-order valence-electron chi connectivity index (χ2n) is 5.22. The molecule has 25 heavy (non-hydrogen) atoms. The van der Waals surface area contributed by atoms with Gasteiger partial charge in [0.25, 0.3) is 0 Å². The molecule has 1 amide bonds. The van der Waals surface area contributed by atoms with Gasteiger partial charge < -0.3 is 10.3 Å². The molecule has 3 rings (SSSR count). The Morgan fingerprint density at radius 2 is 2.00 bits per heavy atom. The van der Waals surface area contributed by atoms with E-state index in [0.29, 0.717) is 17.7 Å². The monoisotopic (exact) mass is 359 g/mol. The number of aromatic amines is 1. The summed E-state index contributed by atoms with van der Waals surface area (Å²) in [5.41, 5.74) is 0.999. The number of rotatable bonds is 6. The highest BCUT2D eigenvalue weighted by Crippen LogP contribution is 2.30. The van der Waals surface area contributed by atoms with Crippen LogP contribution in [0, 0.1) is 5.82 Å². The van der Waals surface area contributed by atoms with E-state index in [1.165, 1.54) is 42.9 Å². The Balaban J connectivity index is 2.03. The molecule has 1 aromatic carbocycles. The van der Waals surface area contributed by atoms with Crippen LogP contribution in [0.25, 0.3) is 11.3 Å². The van der Waals surface area contributed by atoms with Gasteiger partial charge in [0.1, 0.15) is 5.82 Å². The van der Waals surface area contributed by atoms with E-state index >= 15 is 0 Å². The summed E-state index contributed by atoms with van der Waals surface area (Å²) >= 11 is 0. The SMILES string of the molecule is O=CNC(c1c[nH]c(-c2ccccc2F)c1)S(=O)(=O)c1cccnc1. The minimum atomic E-state index is -3.91. The molecule has 0 bridgehead atoms. The lowest BCUT2D eigenvalue weighted by molar-refractivity contribution is -0.109. The highest BCUT2D eigenvalue weighted by Gasteiger charge is 2.30. The van der Waals surface area contributed by atoms with E-state index in [1.807, 2.05) is 0 Å². The average Bonchev–Trinajstić information content (AvgIpc) is 3.10. The van der Waals surface area contributed by atoms with E-state index in [0.717, 1.165) is 0 Å². The molecule has 2 N–H and O–H groups in total. The summed E-state index contributed by atoms with van der Waals surface area (Å²) in [6.45, 7) is 0. The van der Waals surface area contributed by atoms with Crippen molar-refractivity contribution in [1.29, 1.82) is 0 Å². The minimum absolute atomic E-state index is 0.0250. The van der Waals surface area contributed by atoms with Crippen molar-refractivity contribution < 1.29 is 17.6 Å². The number of halogens is 1. The predicted octanol–water partition coefficient (Wildman–Crippen LogP) is 2.43. The summed E-state index contributed by atoms with van der Waals surface area (Å²) in [6, 6.07) is 10.5. The maximum absolute atomic E-state index is 13.9. The third-order valence-corrected chi connectivity index (χ3v) is 5.59. The standard InChI is InChI=1S/C17H14FN3O3S/c18-15-6-2-1-5-14(15)16-8-12(9-20-16)17(21-11-22)25(23,24)13-4-3-7-19-10-13/h1-11,17,20H,(H,21,22). The Hall–Kier alpha value is -3.00. The van der Waals surface area contributed by atoms with Gasteiger partial charge in [-0.1, -0.05) is 12.1 Å². The number of carbonyl (C=O) groups excluding carboxylic acids is 1. The predicted molar refractivity (Wildman–Crippen MR) is 89.6 cm³/mol. The highest BCUT2D eigenvalue weighted by atomic mass is 32.2. The largest absolute Gasteiger partial charge is 0.361 e. The molecule has 0 aliphatic heterocycles. The van der Waals surface area contributed by atoms with E-state index in [1.54, 1.807) is 18.2 Å². The van der Waals surface area contributed by atoms with Crippen LogP contribution < -0.4 is 5.32 Å². The molecule has 2 aromatic heterocycles. The quantitative estimate of drug-likeness (QED) is 0.661. The summed E-state index contributed by atoms with van der Waals surface area (Å²) in [4.78, 5) is 17.6. The van der Waals surface area contributed by atoms with E-state index < -0.39 is 21.0 Å². The Kier molecular flexibility index (Phi) is 4.62. The van der Waals surface area contributed by atoms with E-state index in [2.05, 4.69) is 15.3 Å². The van der Waals surface area contributed by atoms with Gasteiger partial charge >= 0.3 is 0 Å². The Morgan fingerprint density at radius 1 is 1.20 bits per heavy atom. The first-order valence-corrected chi connectivity index (χ1v) is 8.85. The summed E-state index contributed by atoms with van der Waals surface area (Å²) in [7, 11) is -3.91. The molecular formula is C17H14FN3O3S. The van der Waals surface area contributed by atoms with Gasteiger partial charge in [-0.3, -0.25) is 9.78 Å². The van der Waals surface area contributed by atoms with Crippen molar-refractivity contribution in [2.45, 2.75) is 10.3 Å². The second kappa shape index (κ2) is 6.86. The topological polar surface area (TPSA) is 91.9 Å². The number of nitrogens with zero attached hydrogens (tertiary/aromatic N) is 1. The number of aromatic nitrogens is 2. The number of carbonyl (C=O) groups is 1. The zero-order valence-electron chi connectivity index (χ0n) is 12.9. The van der Waals surface area contributed by atoms with Gasteiger partial charge in [-0.25, -0.2) is 12.8 Å². The first-order chi connectivity index (χ1) is 12.0. The van der Waals surface area contributed by atoms with E-state index in [-0.39, 0.29) is 10.5 Å². The molecule has 1 unspecified atom stereocenters. The summed E-state index contributed by atoms with van der Waals surface area (Å²) in [6.07, 6.45) is 4.40. The third-order valence-electron chi connectivity index (χ3n) is 3.66. The number of benzene rings is 1. The maximum atomic E-state index is 13.9. The molecule has 0 fully saturated rings. The number of sulfone groups is 1. The lowest BCUT2D eigenvalue weighted by Crippen LogP contribution is -2.27. The zero-order valence-corrected chi connectivity index (χ0v) is 13.7. The van der Waals surface area contributed by atoms with Crippen LogP contribution in [0.5, 0.6) is 0 Å². The van der Waals surface area contributed by atoms with Crippen molar-refractivity contribution >= 4 is 16.2 Å². The number of hydrogen-bond donors (Lipinski definition) is 2. The molecule has 3 aromatic rings. The fourth-order valence-corrected chi connectivity index (χ4v) is 3.95. The Bertz CT molecular complexity index is 987. The number of hydrogen-bond acceptors (Lipinski definition) is 4. The van der Waals surface area contributed by atoms with Crippen LogP contribution in [0.3, 0.4) is 0 Å². The molecule has 8 heteroatoms. The van der Waals surface area contributed by atoms with Gasteiger partial charge in [-0.2, -0.15) is 0 Å². The fourth-order valence-electron chi connectivity index (χ4n) is 2.48. The number of H-pyrrole nitrogens is 1. The summed E-state index contributed by atoms with van der Waals surface area (Å²) in [5.74, 6) is -0.439. The zero-order chi connectivity index (χ0) is 17.9. The Labute approximate surface area is 143 Å². The molecule has 0 saturated carbocycles. The average molecular weight is 359 g/mol. The van der Waals surface area contributed by atoms with Crippen molar-refractivity contribution in [2.24, 2.45) is 0 Å². The van der Waals surface area contributed by atoms with Crippen molar-refractivity contribution in [2.75, 3.05) is 0 Å². The number of nitrogens with one attached hydrogen (secondary N) is 2. The number of amides is 1. The summed E-state index contributed by atoms with van der Waals surface area (Å²) < 4.78 is 39.5. The van der Waals surface area contributed by atoms with Gasteiger partial charge in [0.05, 0.1) is 4.90 Å². The molecule has 1 atom stereocenters. The maximum Gasteiger partial charge on any atom is 0.208 e. The molecular weight excluding hydrogens is 345 g/mol.